The SMILES string of the molecule is C[C@H](NC(=O)c1cn[nH]n1)c1ccc(Br)cc1. The van der Waals surface area contributed by atoms with Gasteiger partial charge < -0.3 is 5.32 Å². The zero-order chi connectivity index (χ0) is 12.3. The lowest BCUT2D eigenvalue weighted by molar-refractivity contribution is 0.0935. The van der Waals surface area contributed by atoms with E-state index in [-0.39, 0.29) is 17.6 Å². The van der Waals surface area contributed by atoms with E-state index in [0.717, 1.165) is 10.0 Å². The highest BCUT2D eigenvalue weighted by molar-refractivity contribution is 9.10. The molecule has 0 saturated carbocycles. The molecule has 1 aromatic heterocycles. The fourth-order valence-electron chi connectivity index (χ4n) is 1.42. The number of hydrogen-bond acceptors (Lipinski definition) is 3. The van der Waals surface area contributed by atoms with Crippen LogP contribution in [-0.4, -0.2) is 21.3 Å². The van der Waals surface area contributed by atoms with Crippen LogP contribution in [0, 0.1) is 0 Å². The van der Waals surface area contributed by atoms with Crippen LogP contribution in [0.1, 0.15) is 29.0 Å². The molecule has 88 valence electrons. The summed E-state index contributed by atoms with van der Waals surface area (Å²) in [5, 5.41) is 12.6. The number of nitrogens with zero attached hydrogens (tertiary/aromatic N) is 2. The van der Waals surface area contributed by atoms with Crippen LogP contribution in [0.15, 0.2) is 34.9 Å². The van der Waals surface area contributed by atoms with Crippen LogP contribution < -0.4 is 5.32 Å². The first kappa shape index (κ1) is 11.8. The Morgan fingerprint density at radius 3 is 2.71 bits per heavy atom. The summed E-state index contributed by atoms with van der Waals surface area (Å²) < 4.78 is 1.01. The highest BCUT2D eigenvalue weighted by Gasteiger charge is 2.13. The average molecular weight is 295 g/mol. The predicted octanol–water partition coefficient (Wildman–Crippen LogP) is 2.06. The van der Waals surface area contributed by atoms with Gasteiger partial charge in [-0.05, 0) is 24.6 Å². The minimum absolute atomic E-state index is 0.0766. The quantitative estimate of drug-likeness (QED) is 0.910. The maximum atomic E-state index is 11.7. The molecule has 1 amide bonds. The second-order valence-electron chi connectivity index (χ2n) is 3.60. The molecule has 6 heteroatoms. The number of amides is 1. The molecule has 0 aliphatic carbocycles. The Balaban J connectivity index is 2.04. The lowest BCUT2D eigenvalue weighted by Crippen LogP contribution is -2.26. The fourth-order valence-corrected chi connectivity index (χ4v) is 1.68. The molecule has 1 aromatic carbocycles. The van der Waals surface area contributed by atoms with E-state index >= 15 is 0 Å². The Kier molecular flexibility index (Phi) is 3.53. The Labute approximate surface area is 107 Å². The van der Waals surface area contributed by atoms with Gasteiger partial charge in [-0.25, -0.2) is 0 Å². The Morgan fingerprint density at radius 1 is 1.41 bits per heavy atom. The summed E-state index contributed by atoms with van der Waals surface area (Å²) in [6, 6.07) is 7.71. The van der Waals surface area contributed by atoms with E-state index in [9.17, 15) is 4.79 Å². The molecule has 1 heterocycles. The molecule has 17 heavy (non-hydrogen) atoms. The molecule has 2 rings (SSSR count). The van der Waals surface area contributed by atoms with Crippen molar-refractivity contribution in [2.75, 3.05) is 0 Å². The standard InChI is InChI=1S/C11H11BrN4O/c1-7(8-2-4-9(12)5-3-8)14-11(17)10-6-13-16-15-10/h2-7H,1H3,(H,14,17)(H,13,15,16)/t7-/m0/s1. The molecule has 2 aromatic rings. The van der Waals surface area contributed by atoms with Gasteiger partial charge in [0.25, 0.3) is 5.91 Å². The van der Waals surface area contributed by atoms with Crippen molar-refractivity contribution in [3.63, 3.8) is 0 Å². The van der Waals surface area contributed by atoms with E-state index < -0.39 is 0 Å². The van der Waals surface area contributed by atoms with Crippen molar-refractivity contribution in [1.29, 1.82) is 0 Å². The van der Waals surface area contributed by atoms with Crippen molar-refractivity contribution in [3.8, 4) is 0 Å². The minimum atomic E-state index is -0.242. The third kappa shape index (κ3) is 2.91. The molecule has 1 atom stereocenters. The van der Waals surface area contributed by atoms with Crippen molar-refractivity contribution in [1.82, 2.24) is 20.7 Å². The van der Waals surface area contributed by atoms with Crippen molar-refractivity contribution in [2.24, 2.45) is 0 Å². The van der Waals surface area contributed by atoms with E-state index in [1.165, 1.54) is 6.20 Å². The molecular weight excluding hydrogens is 284 g/mol. The van der Waals surface area contributed by atoms with Gasteiger partial charge in [-0.3, -0.25) is 4.79 Å². The molecule has 0 bridgehead atoms. The molecule has 0 unspecified atom stereocenters. The maximum absolute atomic E-state index is 11.7. The van der Waals surface area contributed by atoms with Gasteiger partial charge in [0.05, 0.1) is 12.2 Å². The van der Waals surface area contributed by atoms with E-state index in [2.05, 4.69) is 36.7 Å². The van der Waals surface area contributed by atoms with Gasteiger partial charge in [0.1, 0.15) is 0 Å². The van der Waals surface area contributed by atoms with Gasteiger partial charge in [-0.2, -0.15) is 15.4 Å². The Hall–Kier alpha value is -1.69. The van der Waals surface area contributed by atoms with Gasteiger partial charge in [-0.1, -0.05) is 28.1 Å². The zero-order valence-corrected chi connectivity index (χ0v) is 10.7. The molecule has 0 radical (unpaired) electrons. The topological polar surface area (TPSA) is 70.7 Å². The second-order valence-corrected chi connectivity index (χ2v) is 4.52. The number of halogens is 1. The van der Waals surface area contributed by atoms with E-state index in [0.29, 0.717) is 0 Å². The number of aromatic nitrogens is 3. The monoisotopic (exact) mass is 294 g/mol. The highest BCUT2D eigenvalue weighted by Crippen LogP contribution is 2.16. The summed E-state index contributed by atoms with van der Waals surface area (Å²) in [5.74, 6) is -0.242. The zero-order valence-electron chi connectivity index (χ0n) is 9.14. The van der Waals surface area contributed by atoms with Crippen LogP contribution in [0.25, 0.3) is 0 Å². The largest absolute Gasteiger partial charge is 0.344 e. The third-order valence-electron chi connectivity index (χ3n) is 2.37. The number of carbonyl (C=O) groups excluding carboxylic acids is 1. The van der Waals surface area contributed by atoms with Crippen LogP contribution in [-0.2, 0) is 0 Å². The van der Waals surface area contributed by atoms with Gasteiger partial charge in [0, 0.05) is 4.47 Å². The van der Waals surface area contributed by atoms with Gasteiger partial charge >= 0.3 is 0 Å². The number of rotatable bonds is 3. The van der Waals surface area contributed by atoms with E-state index in [4.69, 9.17) is 0 Å². The summed E-state index contributed by atoms with van der Waals surface area (Å²) in [5.41, 5.74) is 1.32. The normalized spacial score (nSPS) is 12.1. The number of benzene rings is 1. The van der Waals surface area contributed by atoms with Crippen LogP contribution >= 0.6 is 15.9 Å². The van der Waals surface area contributed by atoms with Crippen molar-refractivity contribution < 1.29 is 4.79 Å². The van der Waals surface area contributed by atoms with Crippen LogP contribution in [0.4, 0.5) is 0 Å². The lowest BCUT2D eigenvalue weighted by Gasteiger charge is -2.13. The van der Waals surface area contributed by atoms with Crippen molar-refractivity contribution >= 4 is 21.8 Å². The van der Waals surface area contributed by atoms with Gasteiger partial charge in [0.2, 0.25) is 0 Å². The lowest BCUT2D eigenvalue weighted by atomic mass is 10.1. The summed E-state index contributed by atoms with van der Waals surface area (Å²) in [6.07, 6.45) is 1.39. The average Bonchev–Trinajstić information content (AvgIpc) is 2.83. The highest BCUT2D eigenvalue weighted by atomic mass is 79.9. The minimum Gasteiger partial charge on any atom is -0.344 e. The molecule has 0 fully saturated rings. The van der Waals surface area contributed by atoms with Crippen LogP contribution in [0.2, 0.25) is 0 Å². The van der Waals surface area contributed by atoms with Crippen LogP contribution in [0.5, 0.6) is 0 Å². The number of hydrogen-bond donors (Lipinski definition) is 2. The Bertz CT molecular complexity index is 495. The molecule has 0 spiro atoms. The molecule has 0 aliphatic rings. The number of H-pyrrole nitrogens is 1. The first-order chi connectivity index (χ1) is 8.16. The summed E-state index contributed by atoms with van der Waals surface area (Å²) in [4.78, 5) is 11.7. The molecule has 0 aliphatic heterocycles. The first-order valence-corrected chi connectivity index (χ1v) is 5.88. The van der Waals surface area contributed by atoms with Crippen LogP contribution in [0.3, 0.4) is 0 Å². The predicted molar refractivity (Wildman–Crippen MR) is 66.4 cm³/mol. The number of carbonyl (C=O) groups is 1. The summed E-state index contributed by atoms with van der Waals surface area (Å²) >= 11 is 3.37. The van der Waals surface area contributed by atoms with Crippen molar-refractivity contribution in [3.05, 3.63) is 46.2 Å². The van der Waals surface area contributed by atoms with E-state index in [1.807, 2.05) is 31.2 Å². The molecule has 2 N–H and O–H groups in total. The summed E-state index contributed by atoms with van der Waals surface area (Å²) in [7, 11) is 0. The molecule has 0 saturated heterocycles. The smallest absolute Gasteiger partial charge is 0.273 e. The molecule has 5 nitrogen and oxygen atoms in total. The van der Waals surface area contributed by atoms with Gasteiger partial charge in [-0.15, -0.1) is 0 Å². The fraction of sp³-hybridized carbons (Fsp3) is 0.182. The number of aromatic amines is 1. The first-order valence-electron chi connectivity index (χ1n) is 5.09. The van der Waals surface area contributed by atoms with Crippen molar-refractivity contribution in [2.45, 2.75) is 13.0 Å². The number of nitrogens with one attached hydrogen (secondary N) is 2. The van der Waals surface area contributed by atoms with Gasteiger partial charge in [0.15, 0.2) is 5.69 Å². The molecular formula is C11H11BrN4O. The Morgan fingerprint density at radius 2 is 2.12 bits per heavy atom. The summed E-state index contributed by atoms with van der Waals surface area (Å²) in [6.45, 7) is 1.92. The second kappa shape index (κ2) is 5.09. The maximum Gasteiger partial charge on any atom is 0.273 e. The van der Waals surface area contributed by atoms with E-state index in [1.54, 1.807) is 0 Å². The third-order valence-corrected chi connectivity index (χ3v) is 2.89.